The summed E-state index contributed by atoms with van der Waals surface area (Å²) in [5.74, 6) is 0.0919. The van der Waals surface area contributed by atoms with Crippen molar-refractivity contribution < 1.29 is 4.79 Å². The molecule has 2 aromatic rings. The van der Waals surface area contributed by atoms with Crippen molar-refractivity contribution in [1.29, 1.82) is 0 Å². The maximum absolute atomic E-state index is 12.4. The first kappa shape index (κ1) is 13.0. The van der Waals surface area contributed by atoms with Gasteiger partial charge in [0.2, 0.25) is 5.91 Å². The predicted molar refractivity (Wildman–Crippen MR) is 75.6 cm³/mol. The first-order valence-electron chi connectivity index (χ1n) is 6.53. The quantitative estimate of drug-likeness (QED) is 0.830. The second kappa shape index (κ2) is 5.58. The number of thiazole rings is 1. The third-order valence-electron chi connectivity index (χ3n) is 3.47. The molecule has 8 heteroatoms. The van der Waals surface area contributed by atoms with Gasteiger partial charge in [-0.2, -0.15) is 5.10 Å². The average molecular weight is 292 g/mol. The molecule has 1 aliphatic heterocycles. The molecule has 0 spiro atoms. The van der Waals surface area contributed by atoms with Gasteiger partial charge in [-0.3, -0.25) is 4.79 Å². The minimum atomic E-state index is -0.302. The topological polar surface area (TPSA) is 67.2 Å². The Morgan fingerprint density at radius 2 is 2.15 bits per heavy atom. The summed E-state index contributed by atoms with van der Waals surface area (Å²) in [7, 11) is 0. The number of aromatic nitrogens is 4. The Hall–Kier alpha value is -1.96. The molecule has 1 aliphatic rings. The number of anilines is 1. The molecular formula is C12H16N6OS. The summed E-state index contributed by atoms with van der Waals surface area (Å²) in [6, 6.07) is -0.302. The van der Waals surface area contributed by atoms with Crippen molar-refractivity contribution in [2.45, 2.75) is 13.0 Å². The molecule has 2 aromatic heterocycles. The fourth-order valence-corrected chi connectivity index (χ4v) is 2.98. The Morgan fingerprint density at radius 3 is 2.75 bits per heavy atom. The van der Waals surface area contributed by atoms with E-state index in [4.69, 9.17) is 0 Å². The summed E-state index contributed by atoms with van der Waals surface area (Å²) in [6.07, 6.45) is 4.84. The molecule has 1 saturated heterocycles. The maximum Gasteiger partial charge on any atom is 0.247 e. The van der Waals surface area contributed by atoms with E-state index in [0.717, 1.165) is 31.3 Å². The van der Waals surface area contributed by atoms with E-state index < -0.39 is 0 Å². The Bertz CT molecular complexity index is 547. The van der Waals surface area contributed by atoms with E-state index in [-0.39, 0.29) is 11.9 Å². The molecule has 0 unspecified atom stereocenters. The highest BCUT2D eigenvalue weighted by Gasteiger charge is 2.26. The maximum atomic E-state index is 12.4. The number of carbonyl (C=O) groups excluding carboxylic acids is 1. The van der Waals surface area contributed by atoms with Gasteiger partial charge < -0.3 is 9.80 Å². The average Bonchev–Trinajstić information content (AvgIpc) is 3.18. The number of hydrogen-bond donors (Lipinski definition) is 0. The standard InChI is InChI=1S/C12H16N6OS/c1-10(18-9-13-8-15-18)11(19)16-3-5-17(6-4-16)12-14-2-7-20-12/h2,7-10H,3-6H2,1H3/t10-/m1/s1. The van der Waals surface area contributed by atoms with Crippen LogP contribution in [-0.2, 0) is 4.79 Å². The predicted octanol–water partition coefficient (Wildman–Crippen LogP) is 0.644. The summed E-state index contributed by atoms with van der Waals surface area (Å²) in [5, 5.41) is 7.03. The Balaban J connectivity index is 1.59. The van der Waals surface area contributed by atoms with Gasteiger partial charge in [-0.15, -0.1) is 11.3 Å². The summed E-state index contributed by atoms with van der Waals surface area (Å²) in [6.45, 7) is 4.94. The van der Waals surface area contributed by atoms with Crippen LogP contribution in [-0.4, -0.2) is 56.7 Å². The van der Waals surface area contributed by atoms with E-state index in [9.17, 15) is 4.79 Å². The minimum Gasteiger partial charge on any atom is -0.345 e. The van der Waals surface area contributed by atoms with Crippen LogP contribution in [0.5, 0.6) is 0 Å². The van der Waals surface area contributed by atoms with E-state index in [1.807, 2.05) is 23.4 Å². The first-order valence-corrected chi connectivity index (χ1v) is 7.41. The van der Waals surface area contributed by atoms with Crippen LogP contribution in [0.15, 0.2) is 24.2 Å². The molecule has 1 atom stereocenters. The normalized spacial score (nSPS) is 17.2. The second-order valence-corrected chi connectivity index (χ2v) is 5.55. The third-order valence-corrected chi connectivity index (χ3v) is 4.30. The van der Waals surface area contributed by atoms with Crippen molar-refractivity contribution in [2.24, 2.45) is 0 Å². The van der Waals surface area contributed by atoms with Crippen molar-refractivity contribution >= 4 is 22.4 Å². The zero-order valence-electron chi connectivity index (χ0n) is 11.2. The van der Waals surface area contributed by atoms with Crippen molar-refractivity contribution in [1.82, 2.24) is 24.6 Å². The summed E-state index contributed by atoms with van der Waals surface area (Å²) >= 11 is 1.63. The van der Waals surface area contributed by atoms with Crippen molar-refractivity contribution in [3.05, 3.63) is 24.2 Å². The molecule has 0 N–H and O–H groups in total. The number of amides is 1. The van der Waals surface area contributed by atoms with Crippen LogP contribution in [0.1, 0.15) is 13.0 Å². The Morgan fingerprint density at radius 1 is 1.35 bits per heavy atom. The third kappa shape index (κ3) is 2.51. The van der Waals surface area contributed by atoms with E-state index in [2.05, 4.69) is 20.0 Å². The van der Waals surface area contributed by atoms with Gasteiger partial charge in [-0.05, 0) is 6.92 Å². The molecule has 0 aliphatic carbocycles. The highest BCUT2D eigenvalue weighted by atomic mass is 32.1. The van der Waals surface area contributed by atoms with E-state index in [1.165, 1.54) is 6.33 Å². The van der Waals surface area contributed by atoms with Gasteiger partial charge in [-0.1, -0.05) is 0 Å². The number of piperazine rings is 1. The molecule has 3 rings (SSSR count). The monoisotopic (exact) mass is 292 g/mol. The minimum absolute atomic E-state index is 0.0919. The smallest absolute Gasteiger partial charge is 0.247 e. The van der Waals surface area contributed by atoms with E-state index >= 15 is 0 Å². The molecule has 3 heterocycles. The van der Waals surface area contributed by atoms with Gasteiger partial charge >= 0.3 is 0 Å². The molecule has 7 nitrogen and oxygen atoms in total. The van der Waals surface area contributed by atoms with Crippen LogP contribution in [0.25, 0.3) is 0 Å². The summed E-state index contributed by atoms with van der Waals surface area (Å²) < 4.78 is 1.59. The molecular weight excluding hydrogens is 276 g/mol. The number of rotatable bonds is 3. The van der Waals surface area contributed by atoms with Gasteiger partial charge in [-0.25, -0.2) is 14.6 Å². The van der Waals surface area contributed by atoms with E-state index in [0.29, 0.717) is 0 Å². The van der Waals surface area contributed by atoms with Crippen LogP contribution in [0.3, 0.4) is 0 Å². The molecule has 0 saturated carbocycles. The fraction of sp³-hybridized carbons (Fsp3) is 0.500. The lowest BCUT2D eigenvalue weighted by atomic mass is 10.2. The number of carbonyl (C=O) groups is 1. The van der Waals surface area contributed by atoms with E-state index in [1.54, 1.807) is 22.3 Å². The molecule has 106 valence electrons. The van der Waals surface area contributed by atoms with Gasteiger partial charge in [0.1, 0.15) is 18.7 Å². The second-order valence-electron chi connectivity index (χ2n) is 4.68. The Kier molecular flexibility index (Phi) is 3.64. The van der Waals surface area contributed by atoms with Crippen molar-refractivity contribution in [2.75, 3.05) is 31.1 Å². The van der Waals surface area contributed by atoms with Crippen LogP contribution < -0.4 is 4.90 Å². The van der Waals surface area contributed by atoms with Crippen LogP contribution in [0.4, 0.5) is 5.13 Å². The zero-order valence-corrected chi connectivity index (χ0v) is 12.0. The van der Waals surface area contributed by atoms with Crippen LogP contribution in [0.2, 0.25) is 0 Å². The molecule has 0 bridgehead atoms. The largest absolute Gasteiger partial charge is 0.345 e. The highest BCUT2D eigenvalue weighted by Crippen LogP contribution is 2.19. The summed E-state index contributed by atoms with van der Waals surface area (Å²) in [5.41, 5.74) is 0. The molecule has 0 radical (unpaired) electrons. The molecule has 0 aromatic carbocycles. The Labute approximate surface area is 120 Å². The highest BCUT2D eigenvalue weighted by molar-refractivity contribution is 7.13. The first-order chi connectivity index (χ1) is 9.75. The molecule has 1 amide bonds. The number of nitrogens with zero attached hydrogens (tertiary/aromatic N) is 6. The SMILES string of the molecule is C[C@H](C(=O)N1CCN(c2nccs2)CC1)n1cncn1. The van der Waals surface area contributed by atoms with Gasteiger partial charge in [0.25, 0.3) is 0 Å². The number of hydrogen-bond acceptors (Lipinski definition) is 6. The van der Waals surface area contributed by atoms with Gasteiger partial charge in [0.05, 0.1) is 0 Å². The van der Waals surface area contributed by atoms with Crippen molar-refractivity contribution in [3.8, 4) is 0 Å². The molecule has 1 fully saturated rings. The lowest BCUT2D eigenvalue weighted by Crippen LogP contribution is -2.50. The van der Waals surface area contributed by atoms with Gasteiger partial charge in [0.15, 0.2) is 5.13 Å². The van der Waals surface area contributed by atoms with Crippen LogP contribution in [0, 0.1) is 0 Å². The van der Waals surface area contributed by atoms with Crippen LogP contribution >= 0.6 is 11.3 Å². The fourth-order valence-electron chi connectivity index (χ4n) is 2.28. The lowest BCUT2D eigenvalue weighted by Gasteiger charge is -2.35. The summed E-state index contributed by atoms with van der Waals surface area (Å²) in [4.78, 5) is 24.7. The van der Waals surface area contributed by atoms with Crippen molar-refractivity contribution in [3.63, 3.8) is 0 Å². The lowest BCUT2D eigenvalue weighted by molar-refractivity contribution is -0.134. The zero-order chi connectivity index (χ0) is 13.9. The van der Waals surface area contributed by atoms with Gasteiger partial charge in [0, 0.05) is 37.8 Å². The molecule has 20 heavy (non-hydrogen) atoms.